The first-order valence-electron chi connectivity index (χ1n) is 4.84. The van der Waals surface area contributed by atoms with Gasteiger partial charge in [-0.25, -0.2) is 0 Å². The van der Waals surface area contributed by atoms with Gasteiger partial charge in [-0.3, -0.25) is 0 Å². The minimum absolute atomic E-state index is 0.189. The Morgan fingerprint density at radius 1 is 1.57 bits per heavy atom. The third-order valence-corrected chi connectivity index (χ3v) is 2.70. The summed E-state index contributed by atoms with van der Waals surface area (Å²) in [6.45, 7) is 0.973. The van der Waals surface area contributed by atoms with Gasteiger partial charge < -0.3 is 15.2 Å². The van der Waals surface area contributed by atoms with E-state index in [-0.39, 0.29) is 12.6 Å². The van der Waals surface area contributed by atoms with Crippen molar-refractivity contribution in [1.82, 2.24) is 5.32 Å². The van der Waals surface area contributed by atoms with Crippen molar-refractivity contribution in [3.63, 3.8) is 0 Å². The molecule has 2 rings (SSSR count). The number of rotatable bonds is 2. The van der Waals surface area contributed by atoms with Gasteiger partial charge in [-0.1, -0.05) is 12.1 Å². The fourth-order valence-corrected chi connectivity index (χ4v) is 1.91. The topological polar surface area (TPSA) is 41.5 Å². The molecule has 0 bridgehead atoms. The number of hydrogen-bond acceptors (Lipinski definition) is 3. The number of ether oxygens (including phenoxy) is 1. The van der Waals surface area contributed by atoms with E-state index < -0.39 is 0 Å². The largest absolute Gasteiger partial charge is 0.496 e. The van der Waals surface area contributed by atoms with Gasteiger partial charge in [-0.2, -0.15) is 0 Å². The van der Waals surface area contributed by atoms with Crippen LogP contribution in [-0.2, 0) is 13.0 Å². The van der Waals surface area contributed by atoms with Crippen LogP contribution in [0.25, 0.3) is 0 Å². The van der Waals surface area contributed by atoms with Crippen molar-refractivity contribution < 1.29 is 9.84 Å². The molecule has 1 aromatic carbocycles. The molecule has 1 aliphatic rings. The van der Waals surface area contributed by atoms with E-state index in [0.717, 1.165) is 18.7 Å². The fraction of sp³-hybridized carbons (Fsp3) is 0.455. The molecule has 3 nitrogen and oxygen atoms in total. The van der Waals surface area contributed by atoms with Crippen LogP contribution in [-0.4, -0.2) is 24.9 Å². The minimum Gasteiger partial charge on any atom is -0.496 e. The van der Waals surface area contributed by atoms with Gasteiger partial charge in [0.05, 0.1) is 13.7 Å². The number of fused-ring (bicyclic) bond motifs is 1. The molecule has 1 aliphatic heterocycles. The quantitative estimate of drug-likeness (QED) is 0.726. The zero-order chi connectivity index (χ0) is 9.97. The normalized spacial score (nSPS) is 20.3. The molecule has 0 spiro atoms. The number of aliphatic hydroxyl groups is 1. The highest BCUT2D eigenvalue weighted by molar-refractivity contribution is 5.42. The van der Waals surface area contributed by atoms with Gasteiger partial charge in [0.15, 0.2) is 0 Å². The van der Waals surface area contributed by atoms with Crippen molar-refractivity contribution in [3.05, 3.63) is 29.3 Å². The van der Waals surface area contributed by atoms with Gasteiger partial charge in [0, 0.05) is 18.2 Å². The lowest BCUT2D eigenvalue weighted by molar-refractivity contribution is 0.234. The second-order valence-corrected chi connectivity index (χ2v) is 3.56. The average Bonchev–Trinajstić information content (AvgIpc) is 2.27. The Hall–Kier alpha value is -1.06. The summed E-state index contributed by atoms with van der Waals surface area (Å²) in [4.78, 5) is 0. The Bertz CT molecular complexity index is 325. The molecule has 0 amide bonds. The smallest absolute Gasteiger partial charge is 0.123 e. The summed E-state index contributed by atoms with van der Waals surface area (Å²) >= 11 is 0. The van der Waals surface area contributed by atoms with Crippen LogP contribution in [0.5, 0.6) is 5.75 Å². The molecule has 0 aliphatic carbocycles. The van der Waals surface area contributed by atoms with Crippen molar-refractivity contribution in [2.75, 3.05) is 13.7 Å². The molecule has 0 fully saturated rings. The molecule has 1 heterocycles. The highest BCUT2D eigenvalue weighted by atomic mass is 16.5. The zero-order valence-electron chi connectivity index (χ0n) is 8.29. The first kappa shape index (κ1) is 9.49. The first-order valence-corrected chi connectivity index (χ1v) is 4.84. The van der Waals surface area contributed by atoms with E-state index in [2.05, 4.69) is 11.4 Å². The Morgan fingerprint density at radius 3 is 3.14 bits per heavy atom. The number of aliphatic hydroxyl groups excluding tert-OH is 1. The molecule has 0 aromatic heterocycles. The summed E-state index contributed by atoms with van der Waals surface area (Å²) in [6, 6.07) is 6.26. The van der Waals surface area contributed by atoms with E-state index in [4.69, 9.17) is 9.84 Å². The van der Waals surface area contributed by atoms with Crippen LogP contribution in [0.4, 0.5) is 0 Å². The van der Waals surface area contributed by atoms with Crippen LogP contribution in [0.2, 0.25) is 0 Å². The molecule has 0 radical (unpaired) electrons. The molecular formula is C11H15NO2. The molecule has 76 valence electrons. The summed E-state index contributed by atoms with van der Waals surface area (Å²) in [5.41, 5.74) is 2.50. The summed E-state index contributed by atoms with van der Waals surface area (Å²) in [6.07, 6.45) is 0.878. The van der Waals surface area contributed by atoms with Gasteiger partial charge >= 0.3 is 0 Å². The van der Waals surface area contributed by atoms with Crippen LogP contribution in [0.1, 0.15) is 11.1 Å². The number of methoxy groups -OCH3 is 1. The molecule has 0 saturated heterocycles. The predicted molar refractivity (Wildman–Crippen MR) is 54.4 cm³/mol. The summed E-state index contributed by atoms with van der Waals surface area (Å²) in [5, 5.41) is 12.3. The lowest BCUT2D eigenvalue weighted by Crippen LogP contribution is -2.38. The highest BCUT2D eigenvalue weighted by Crippen LogP contribution is 2.25. The van der Waals surface area contributed by atoms with Crippen LogP contribution in [0.15, 0.2) is 18.2 Å². The Kier molecular flexibility index (Phi) is 2.70. The molecule has 0 saturated carbocycles. The van der Waals surface area contributed by atoms with Crippen molar-refractivity contribution in [3.8, 4) is 5.75 Å². The SMILES string of the molecule is COc1cccc2c1CNC(CO)C2. The highest BCUT2D eigenvalue weighted by Gasteiger charge is 2.19. The van der Waals surface area contributed by atoms with Crippen molar-refractivity contribution in [1.29, 1.82) is 0 Å². The van der Waals surface area contributed by atoms with Crippen LogP contribution < -0.4 is 10.1 Å². The van der Waals surface area contributed by atoms with E-state index in [1.165, 1.54) is 11.1 Å². The Labute approximate surface area is 83.7 Å². The van der Waals surface area contributed by atoms with Gasteiger partial charge in [-0.15, -0.1) is 0 Å². The second kappa shape index (κ2) is 3.98. The number of nitrogens with one attached hydrogen (secondary N) is 1. The maximum atomic E-state index is 9.05. The van der Waals surface area contributed by atoms with Crippen LogP contribution in [0, 0.1) is 0 Å². The third-order valence-electron chi connectivity index (χ3n) is 2.70. The predicted octanol–water partition coefficient (Wildman–Crippen LogP) is 0.702. The van der Waals surface area contributed by atoms with Gasteiger partial charge in [-0.05, 0) is 18.1 Å². The van der Waals surface area contributed by atoms with Gasteiger partial charge in [0.1, 0.15) is 5.75 Å². The number of hydrogen-bond donors (Lipinski definition) is 2. The fourth-order valence-electron chi connectivity index (χ4n) is 1.91. The van der Waals surface area contributed by atoms with E-state index in [9.17, 15) is 0 Å². The number of benzene rings is 1. The third kappa shape index (κ3) is 1.61. The maximum absolute atomic E-state index is 9.05. The van der Waals surface area contributed by atoms with E-state index in [1.807, 2.05) is 12.1 Å². The van der Waals surface area contributed by atoms with E-state index in [1.54, 1.807) is 7.11 Å². The van der Waals surface area contributed by atoms with Gasteiger partial charge in [0.25, 0.3) is 0 Å². The molecule has 14 heavy (non-hydrogen) atoms. The molecule has 1 unspecified atom stereocenters. The zero-order valence-corrected chi connectivity index (χ0v) is 8.29. The summed E-state index contributed by atoms with van der Waals surface area (Å²) in [7, 11) is 1.69. The molecular weight excluding hydrogens is 178 g/mol. The van der Waals surface area contributed by atoms with Crippen molar-refractivity contribution >= 4 is 0 Å². The maximum Gasteiger partial charge on any atom is 0.123 e. The molecule has 3 heteroatoms. The summed E-state index contributed by atoms with van der Waals surface area (Å²) < 4.78 is 5.28. The lowest BCUT2D eigenvalue weighted by Gasteiger charge is -2.25. The van der Waals surface area contributed by atoms with Crippen molar-refractivity contribution in [2.45, 2.75) is 19.0 Å². The summed E-state index contributed by atoms with van der Waals surface area (Å²) in [5.74, 6) is 0.936. The van der Waals surface area contributed by atoms with Crippen molar-refractivity contribution in [2.24, 2.45) is 0 Å². The van der Waals surface area contributed by atoms with Crippen LogP contribution >= 0.6 is 0 Å². The Balaban J connectivity index is 2.30. The van der Waals surface area contributed by atoms with E-state index >= 15 is 0 Å². The second-order valence-electron chi connectivity index (χ2n) is 3.56. The lowest BCUT2D eigenvalue weighted by atomic mass is 9.95. The van der Waals surface area contributed by atoms with Crippen LogP contribution in [0.3, 0.4) is 0 Å². The minimum atomic E-state index is 0.189. The standard InChI is InChI=1S/C11H15NO2/c1-14-11-4-2-3-8-5-9(7-13)12-6-10(8)11/h2-4,9,12-13H,5-7H2,1H3. The van der Waals surface area contributed by atoms with Gasteiger partial charge in [0.2, 0.25) is 0 Å². The monoisotopic (exact) mass is 193 g/mol. The molecule has 1 atom stereocenters. The Morgan fingerprint density at radius 2 is 2.43 bits per heavy atom. The average molecular weight is 193 g/mol. The molecule has 1 aromatic rings. The van der Waals surface area contributed by atoms with E-state index in [0.29, 0.717) is 0 Å². The molecule has 2 N–H and O–H groups in total. The first-order chi connectivity index (χ1) is 6.85.